The molecular formula is C12H21NO2. The lowest BCUT2D eigenvalue weighted by molar-refractivity contribution is 0.132. The number of hydrogen-bond acceptors (Lipinski definition) is 3. The smallest absolute Gasteiger partial charge is 0.120 e. The quantitative estimate of drug-likeness (QED) is 0.671. The summed E-state index contributed by atoms with van der Waals surface area (Å²) in [5.41, 5.74) is 1.21. The molecule has 86 valence electrons. The van der Waals surface area contributed by atoms with E-state index in [0.29, 0.717) is 0 Å². The van der Waals surface area contributed by atoms with E-state index in [4.69, 9.17) is 9.15 Å². The maximum atomic E-state index is 5.38. The minimum Gasteiger partial charge on any atom is -0.468 e. The summed E-state index contributed by atoms with van der Waals surface area (Å²) < 4.78 is 10.7. The van der Waals surface area contributed by atoms with Crippen molar-refractivity contribution in [2.75, 3.05) is 19.8 Å². The van der Waals surface area contributed by atoms with Crippen LogP contribution in [0.2, 0.25) is 0 Å². The zero-order chi connectivity index (χ0) is 10.9. The van der Waals surface area contributed by atoms with E-state index in [-0.39, 0.29) is 0 Å². The summed E-state index contributed by atoms with van der Waals surface area (Å²) in [6.45, 7) is 7.69. The van der Waals surface area contributed by atoms with Gasteiger partial charge in [-0.05, 0) is 37.9 Å². The number of ether oxygens (including phenoxy) is 1. The number of aryl methyl sites for hydroxylation is 1. The number of rotatable bonds is 8. The minimum atomic E-state index is 0.812. The van der Waals surface area contributed by atoms with Gasteiger partial charge in [-0.15, -0.1) is 0 Å². The molecule has 0 aliphatic rings. The fourth-order valence-corrected chi connectivity index (χ4v) is 1.33. The van der Waals surface area contributed by atoms with Crippen molar-refractivity contribution in [3.63, 3.8) is 0 Å². The first-order valence-corrected chi connectivity index (χ1v) is 5.66. The summed E-state index contributed by atoms with van der Waals surface area (Å²) in [6.07, 6.45) is 3.88. The molecule has 0 aromatic carbocycles. The Kier molecular flexibility index (Phi) is 6.12. The van der Waals surface area contributed by atoms with Crippen LogP contribution >= 0.6 is 0 Å². The Morgan fingerprint density at radius 2 is 2.27 bits per heavy atom. The first kappa shape index (κ1) is 12.3. The Bertz CT molecular complexity index is 258. The molecule has 0 saturated carbocycles. The van der Waals surface area contributed by atoms with E-state index in [2.05, 4.69) is 19.2 Å². The lowest BCUT2D eigenvalue weighted by atomic mass is 10.3. The van der Waals surface area contributed by atoms with Gasteiger partial charge in [0.15, 0.2) is 0 Å². The molecule has 0 fully saturated rings. The first-order chi connectivity index (χ1) is 7.34. The van der Waals surface area contributed by atoms with Gasteiger partial charge in [0.1, 0.15) is 5.76 Å². The standard InChI is InChI=1S/C12H21NO2/c1-3-7-14-8-4-6-13-10-12-11(2)5-9-15-12/h5,9,13H,3-4,6-8,10H2,1-2H3. The van der Waals surface area contributed by atoms with Crippen LogP contribution in [0.1, 0.15) is 31.1 Å². The van der Waals surface area contributed by atoms with E-state index in [1.165, 1.54) is 5.56 Å². The van der Waals surface area contributed by atoms with Gasteiger partial charge in [-0.25, -0.2) is 0 Å². The van der Waals surface area contributed by atoms with E-state index in [0.717, 1.165) is 44.9 Å². The van der Waals surface area contributed by atoms with E-state index in [1.54, 1.807) is 6.26 Å². The van der Waals surface area contributed by atoms with Gasteiger partial charge in [-0.2, -0.15) is 0 Å². The van der Waals surface area contributed by atoms with Crippen molar-refractivity contribution in [2.24, 2.45) is 0 Å². The SMILES string of the molecule is CCCOCCCNCc1occc1C. The molecule has 1 aromatic rings. The Morgan fingerprint density at radius 3 is 2.93 bits per heavy atom. The van der Waals surface area contributed by atoms with Gasteiger partial charge in [0, 0.05) is 13.2 Å². The molecule has 0 radical (unpaired) electrons. The Hall–Kier alpha value is -0.800. The largest absolute Gasteiger partial charge is 0.468 e. The number of hydrogen-bond donors (Lipinski definition) is 1. The second-order valence-electron chi connectivity index (χ2n) is 3.67. The number of furan rings is 1. The zero-order valence-corrected chi connectivity index (χ0v) is 9.71. The van der Waals surface area contributed by atoms with Crippen molar-refractivity contribution in [1.82, 2.24) is 5.32 Å². The van der Waals surface area contributed by atoms with Gasteiger partial charge in [-0.3, -0.25) is 0 Å². The molecule has 0 saturated heterocycles. The fourth-order valence-electron chi connectivity index (χ4n) is 1.33. The lowest BCUT2D eigenvalue weighted by Crippen LogP contribution is -2.16. The van der Waals surface area contributed by atoms with Crippen molar-refractivity contribution in [3.05, 3.63) is 23.7 Å². The molecule has 0 amide bonds. The molecular weight excluding hydrogens is 190 g/mol. The first-order valence-electron chi connectivity index (χ1n) is 5.66. The monoisotopic (exact) mass is 211 g/mol. The summed E-state index contributed by atoms with van der Waals surface area (Å²) in [6, 6.07) is 1.99. The van der Waals surface area contributed by atoms with E-state index >= 15 is 0 Å². The third kappa shape index (κ3) is 5.00. The minimum absolute atomic E-state index is 0.812. The fraction of sp³-hybridized carbons (Fsp3) is 0.667. The van der Waals surface area contributed by atoms with Crippen molar-refractivity contribution < 1.29 is 9.15 Å². The van der Waals surface area contributed by atoms with Gasteiger partial charge < -0.3 is 14.5 Å². The molecule has 1 heterocycles. The van der Waals surface area contributed by atoms with E-state index in [9.17, 15) is 0 Å². The highest BCUT2D eigenvalue weighted by molar-refractivity contribution is 5.13. The molecule has 0 aliphatic heterocycles. The van der Waals surface area contributed by atoms with Crippen molar-refractivity contribution in [2.45, 2.75) is 33.2 Å². The molecule has 1 rings (SSSR count). The topological polar surface area (TPSA) is 34.4 Å². The van der Waals surface area contributed by atoms with Gasteiger partial charge in [0.05, 0.1) is 12.8 Å². The van der Waals surface area contributed by atoms with Crippen LogP contribution in [-0.4, -0.2) is 19.8 Å². The molecule has 0 atom stereocenters. The third-order valence-corrected chi connectivity index (χ3v) is 2.24. The second-order valence-corrected chi connectivity index (χ2v) is 3.67. The molecule has 15 heavy (non-hydrogen) atoms. The summed E-state index contributed by atoms with van der Waals surface area (Å²) in [4.78, 5) is 0. The lowest BCUT2D eigenvalue weighted by Gasteiger charge is -2.04. The third-order valence-electron chi connectivity index (χ3n) is 2.24. The Labute approximate surface area is 91.8 Å². The van der Waals surface area contributed by atoms with Crippen molar-refractivity contribution in [3.8, 4) is 0 Å². The second kappa shape index (κ2) is 7.49. The van der Waals surface area contributed by atoms with Crippen LogP contribution in [0.4, 0.5) is 0 Å². The average molecular weight is 211 g/mol. The summed E-state index contributed by atoms with van der Waals surface area (Å²) >= 11 is 0. The van der Waals surface area contributed by atoms with Crippen LogP contribution in [0.3, 0.4) is 0 Å². The molecule has 0 spiro atoms. The molecule has 1 aromatic heterocycles. The summed E-state index contributed by atoms with van der Waals surface area (Å²) in [5, 5.41) is 3.33. The normalized spacial score (nSPS) is 10.8. The Balaban J connectivity index is 1.96. The van der Waals surface area contributed by atoms with E-state index < -0.39 is 0 Å². The molecule has 3 heteroatoms. The molecule has 1 N–H and O–H groups in total. The highest BCUT2D eigenvalue weighted by atomic mass is 16.5. The Morgan fingerprint density at radius 1 is 1.40 bits per heavy atom. The number of nitrogens with one attached hydrogen (secondary N) is 1. The summed E-state index contributed by atoms with van der Waals surface area (Å²) in [7, 11) is 0. The van der Waals surface area contributed by atoms with Crippen LogP contribution in [-0.2, 0) is 11.3 Å². The van der Waals surface area contributed by atoms with Gasteiger partial charge in [0.2, 0.25) is 0 Å². The van der Waals surface area contributed by atoms with Gasteiger partial charge >= 0.3 is 0 Å². The van der Waals surface area contributed by atoms with Crippen molar-refractivity contribution in [1.29, 1.82) is 0 Å². The van der Waals surface area contributed by atoms with E-state index in [1.807, 2.05) is 6.07 Å². The van der Waals surface area contributed by atoms with Crippen LogP contribution < -0.4 is 5.32 Å². The van der Waals surface area contributed by atoms with Gasteiger partial charge in [0.25, 0.3) is 0 Å². The van der Waals surface area contributed by atoms with Crippen LogP contribution in [0.25, 0.3) is 0 Å². The zero-order valence-electron chi connectivity index (χ0n) is 9.71. The van der Waals surface area contributed by atoms with Crippen LogP contribution in [0.15, 0.2) is 16.7 Å². The van der Waals surface area contributed by atoms with Gasteiger partial charge in [-0.1, -0.05) is 6.92 Å². The average Bonchev–Trinajstić information content (AvgIpc) is 2.63. The molecule has 0 bridgehead atoms. The highest BCUT2D eigenvalue weighted by Gasteiger charge is 1.99. The van der Waals surface area contributed by atoms with Crippen LogP contribution in [0, 0.1) is 6.92 Å². The van der Waals surface area contributed by atoms with Crippen LogP contribution in [0.5, 0.6) is 0 Å². The highest BCUT2D eigenvalue weighted by Crippen LogP contribution is 2.07. The van der Waals surface area contributed by atoms with Crippen molar-refractivity contribution >= 4 is 0 Å². The maximum Gasteiger partial charge on any atom is 0.120 e. The maximum absolute atomic E-state index is 5.38. The molecule has 0 unspecified atom stereocenters. The predicted octanol–water partition coefficient (Wildman–Crippen LogP) is 2.49. The molecule has 0 aliphatic carbocycles. The molecule has 3 nitrogen and oxygen atoms in total. The summed E-state index contributed by atoms with van der Waals surface area (Å²) in [5.74, 6) is 1.03. The predicted molar refractivity (Wildman–Crippen MR) is 60.9 cm³/mol.